The maximum atomic E-state index is 4.34. The van der Waals surface area contributed by atoms with E-state index in [1.165, 1.54) is 179 Å². The van der Waals surface area contributed by atoms with Crippen molar-refractivity contribution in [3.05, 3.63) is 225 Å². The van der Waals surface area contributed by atoms with E-state index in [0.717, 1.165) is 20.3 Å². The van der Waals surface area contributed by atoms with Crippen LogP contribution in [0.3, 0.4) is 0 Å². The van der Waals surface area contributed by atoms with Gasteiger partial charge >= 0.3 is 24.8 Å². The molecule has 7 heteroatoms. The van der Waals surface area contributed by atoms with E-state index in [4.69, 9.17) is 0 Å². The van der Waals surface area contributed by atoms with Gasteiger partial charge in [0.1, 0.15) is 0 Å². The SMILES string of the molecule is CCCCCCC1(CCCCCC)c2ccccc2-c2ccc(N(c3ccc(Br)cc3)c3ccc(Br)cc3)cc21.CCCCCCC1(CCCCCC)c2ccccc2-c2ccc(N(c3ccccc3)c3ccccc3)cc21.[B]=NS. The fourth-order valence-electron chi connectivity index (χ4n) is 13.1. The van der Waals surface area contributed by atoms with Gasteiger partial charge in [0.05, 0.1) is 0 Å². The van der Waals surface area contributed by atoms with Crippen molar-refractivity contribution in [2.45, 2.75) is 167 Å². The molecule has 0 N–H and O–H groups in total. The molecule has 0 unspecified atom stereocenters. The van der Waals surface area contributed by atoms with E-state index < -0.39 is 0 Å². The minimum atomic E-state index is 0.0779. The summed E-state index contributed by atoms with van der Waals surface area (Å²) in [5.41, 5.74) is 19.3. The summed E-state index contributed by atoms with van der Waals surface area (Å²) in [6.45, 7) is 9.25. The van der Waals surface area contributed by atoms with Crippen molar-refractivity contribution in [3.8, 4) is 22.3 Å². The van der Waals surface area contributed by atoms with E-state index in [1.807, 2.05) is 0 Å². The first kappa shape index (κ1) is 61.6. The van der Waals surface area contributed by atoms with Gasteiger partial charge in [0.2, 0.25) is 0 Å². The Morgan fingerprint density at radius 2 is 0.605 bits per heavy atom. The zero-order chi connectivity index (χ0) is 56.9. The van der Waals surface area contributed by atoms with E-state index >= 15 is 0 Å². The van der Waals surface area contributed by atoms with Crippen LogP contribution < -0.4 is 9.80 Å². The first-order valence-electron chi connectivity index (χ1n) is 30.5. The first-order chi connectivity index (χ1) is 39.8. The Balaban J connectivity index is 0.000000203. The Morgan fingerprint density at radius 3 is 0.926 bits per heavy atom. The molecule has 2 aliphatic rings. The third kappa shape index (κ3) is 14.8. The van der Waals surface area contributed by atoms with E-state index in [-0.39, 0.29) is 10.8 Å². The van der Waals surface area contributed by atoms with Crippen LogP contribution in [0, 0.1) is 0 Å². The second kappa shape index (κ2) is 31.3. The molecule has 0 aromatic heterocycles. The van der Waals surface area contributed by atoms with Crippen LogP contribution in [0.2, 0.25) is 0 Å². The first-order valence-corrected chi connectivity index (χ1v) is 32.5. The van der Waals surface area contributed by atoms with Gasteiger partial charge in [-0.05, 0) is 167 Å². The molecule has 10 rings (SSSR count). The normalized spacial score (nSPS) is 12.9. The van der Waals surface area contributed by atoms with Gasteiger partial charge in [-0.3, -0.25) is 0 Å². The summed E-state index contributed by atoms with van der Waals surface area (Å²) >= 11 is 10.5. The molecule has 419 valence electrons. The molecule has 0 spiro atoms. The Morgan fingerprint density at radius 1 is 0.333 bits per heavy atom. The van der Waals surface area contributed by atoms with Crippen LogP contribution in [0.1, 0.15) is 178 Å². The number of anilines is 6. The molecule has 3 nitrogen and oxygen atoms in total. The monoisotopic (exact) mass is 1220 g/mol. The molecule has 2 aliphatic carbocycles. The molecule has 0 saturated carbocycles. The van der Waals surface area contributed by atoms with Crippen LogP contribution in [0.15, 0.2) is 207 Å². The summed E-state index contributed by atoms with van der Waals surface area (Å²) in [5.74, 6) is 0. The van der Waals surface area contributed by atoms with E-state index in [2.05, 4.69) is 288 Å². The van der Waals surface area contributed by atoms with E-state index in [0.29, 0.717) is 0 Å². The molecule has 0 amide bonds. The van der Waals surface area contributed by atoms with Gasteiger partial charge in [-0.2, -0.15) is 0 Å². The molecular weight excluding hydrogens is 1130 g/mol. The molecule has 0 aliphatic heterocycles. The summed E-state index contributed by atoms with van der Waals surface area (Å²) in [4.78, 5) is 4.82. The van der Waals surface area contributed by atoms with Crippen molar-refractivity contribution >= 4 is 86.4 Å². The molecule has 81 heavy (non-hydrogen) atoms. The summed E-state index contributed by atoms with van der Waals surface area (Å²) in [6.07, 6.45) is 25.8. The number of halogens is 2. The molecule has 8 aromatic rings. The van der Waals surface area contributed by atoms with Gasteiger partial charge in [-0.1, -0.05) is 259 Å². The zero-order valence-corrected chi connectivity index (χ0v) is 52.8. The average Bonchev–Trinajstić information content (AvgIpc) is 2.90. The predicted octanol–water partition coefficient (Wildman–Crippen LogP) is 24.4. The van der Waals surface area contributed by atoms with Crippen molar-refractivity contribution in [1.82, 2.24) is 0 Å². The molecule has 0 bridgehead atoms. The topological polar surface area (TPSA) is 18.8 Å². The quantitative estimate of drug-likeness (QED) is 0.0331. The van der Waals surface area contributed by atoms with Gasteiger partial charge in [0.25, 0.3) is 0 Å². The van der Waals surface area contributed by atoms with Crippen molar-refractivity contribution in [3.63, 3.8) is 0 Å². The number of para-hydroxylation sites is 2. The molecule has 8 aromatic carbocycles. The fraction of sp³-hybridized carbons (Fsp3) is 0.351. The van der Waals surface area contributed by atoms with Gasteiger partial charge in [-0.25, -0.2) is 0 Å². The molecular formula is C74H85BBr2N3S. The number of nitrogens with zero attached hydrogens (tertiary/aromatic N) is 3. The van der Waals surface area contributed by atoms with Crippen LogP contribution in [0.25, 0.3) is 22.3 Å². The van der Waals surface area contributed by atoms with Crippen molar-refractivity contribution in [2.24, 2.45) is 4.30 Å². The molecule has 0 heterocycles. The number of hydrogen-bond acceptors (Lipinski definition) is 4. The van der Waals surface area contributed by atoms with Crippen LogP contribution in [0.4, 0.5) is 34.1 Å². The number of thiol groups is 1. The maximum absolute atomic E-state index is 4.34. The average molecular weight is 1220 g/mol. The van der Waals surface area contributed by atoms with Crippen LogP contribution in [0.5, 0.6) is 0 Å². The van der Waals surface area contributed by atoms with Gasteiger partial charge in [0, 0.05) is 53.9 Å². The Bertz CT molecular complexity index is 3070. The Kier molecular flexibility index (Phi) is 23.8. The minimum absolute atomic E-state index is 0.0779. The van der Waals surface area contributed by atoms with Crippen LogP contribution >= 0.6 is 44.7 Å². The Hall–Kier alpha value is -5.47. The second-order valence-electron chi connectivity index (χ2n) is 22.4. The van der Waals surface area contributed by atoms with Crippen molar-refractivity contribution in [1.29, 1.82) is 0 Å². The number of hydrogen-bond donors (Lipinski definition) is 1. The molecule has 0 saturated heterocycles. The molecule has 1 radical (unpaired) electrons. The third-order valence-electron chi connectivity index (χ3n) is 17.0. The fourth-order valence-corrected chi connectivity index (χ4v) is 13.7. The standard InChI is InChI=1S/C37H41Br2N.C37H43N.BHNS/c1-3-5-7-11-25-37(26-12-8-6-4-2)35-14-10-9-13-33(35)34-24-23-32(27-36(34)37)40(30-19-15-28(38)16-20-30)31-21-17-29(39)18-22-31;1-3-5-7-17-27-37(28-18-8-6-4-2)35-24-16-15-23-33(35)34-26-25-32(29-36(34)37)38(30-19-11-9-12-20-30)31-21-13-10-14-22-31;1-2-3/h9-10,13-24,27H,3-8,11-12,25-26H2,1-2H3;9-16,19-26,29H,3-8,17-18,27-28H2,1-2H3;3H. The number of fused-ring (bicyclic) bond motifs is 6. The third-order valence-corrected chi connectivity index (χ3v) is 18.1. The van der Waals surface area contributed by atoms with Gasteiger partial charge in [0.15, 0.2) is 0 Å². The predicted molar refractivity (Wildman–Crippen MR) is 362 cm³/mol. The van der Waals surface area contributed by atoms with E-state index in [1.54, 1.807) is 16.7 Å². The van der Waals surface area contributed by atoms with Crippen molar-refractivity contribution < 1.29 is 0 Å². The summed E-state index contributed by atoms with van der Waals surface area (Å²) in [7, 11) is 4.34. The molecule has 0 fully saturated rings. The molecule has 0 atom stereocenters. The van der Waals surface area contributed by atoms with Crippen LogP contribution in [-0.4, -0.2) is 7.64 Å². The number of benzene rings is 8. The number of rotatable bonds is 26. The van der Waals surface area contributed by atoms with Gasteiger partial charge < -0.3 is 9.80 Å². The summed E-state index contributed by atoms with van der Waals surface area (Å²) < 4.78 is 4.88. The van der Waals surface area contributed by atoms with Gasteiger partial charge in [-0.15, -0.1) is 0 Å². The van der Waals surface area contributed by atoms with Crippen LogP contribution in [-0.2, 0) is 10.8 Å². The second-order valence-corrected chi connectivity index (χ2v) is 24.4. The van der Waals surface area contributed by atoms with E-state index in [9.17, 15) is 0 Å². The summed E-state index contributed by atoms with van der Waals surface area (Å²) in [6, 6.07) is 72.1. The zero-order valence-electron chi connectivity index (χ0n) is 48.7. The summed E-state index contributed by atoms with van der Waals surface area (Å²) in [5, 5.41) is 0. The Labute approximate surface area is 511 Å². The number of unbranched alkanes of at least 4 members (excludes halogenated alkanes) is 12. The van der Waals surface area contributed by atoms with Crippen molar-refractivity contribution in [2.75, 3.05) is 9.80 Å².